The first-order valence-electron chi connectivity index (χ1n) is 5.51. The van der Waals surface area contributed by atoms with Crippen LogP contribution in [0, 0.1) is 0 Å². The highest BCUT2D eigenvalue weighted by Crippen LogP contribution is 2.26. The number of aliphatic hydroxyl groups is 3. The Morgan fingerprint density at radius 2 is 1.82 bits per heavy atom. The maximum atomic E-state index is 9.73. The molecule has 1 aromatic carbocycles. The Bertz CT molecular complexity index is 353. The van der Waals surface area contributed by atoms with E-state index in [0.29, 0.717) is 5.75 Å². The van der Waals surface area contributed by atoms with Gasteiger partial charge in [-0.25, -0.2) is 0 Å². The molecule has 0 aliphatic carbocycles. The topological polar surface area (TPSA) is 79.2 Å². The minimum atomic E-state index is -1.17. The van der Waals surface area contributed by atoms with Gasteiger partial charge in [-0.2, -0.15) is 0 Å². The second-order valence-electron chi connectivity index (χ2n) is 4.12. The predicted molar refractivity (Wildman–Crippen MR) is 59.4 cm³/mol. The summed E-state index contributed by atoms with van der Waals surface area (Å²) in [6.45, 7) is 1.49. The molecule has 17 heavy (non-hydrogen) atoms. The van der Waals surface area contributed by atoms with Gasteiger partial charge in [-0.1, -0.05) is 18.2 Å². The number of ether oxygens (including phenoxy) is 2. The molecule has 0 amide bonds. The normalized spacial score (nSPS) is 34.6. The molecular weight excluding hydrogens is 224 g/mol. The van der Waals surface area contributed by atoms with Crippen LogP contribution in [0.1, 0.15) is 6.92 Å². The van der Waals surface area contributed by atoms with Crippen molar-refractivity contribution in [3.05, 3.63) is 30.3 Å². The first kappa shape index (κ1) is 12.3. The lowest BCUT2D eigenvalue weighted by Crippen LogP contribution is -2.38. The van der Waals surface area contributed by atoms with Gasteiger partial charge in [0.2, 0.25) is 6.29 Å². The smallest absolute Gasteiger partial charge is 0.229 e. The Kier molecular flexibility index (Phi) is 3.63. The molecule has 0 radical (unpaired) electrons. The molecule has 5 atom stereocenters. The minimum Gasteiger partial charge on any atom is -0.462 e. The van der Waals surface area contributed by atoms with Crippen molar-refractivity contribution in [3.8, 4) is 5.75 Å². The lowest BCUT2D eigenvalue weighted by Gasteiger charge is -2.17. The molecular formula is C12H16O5. The van der Waals surface area contributed by atoms with E-state index in [9.17, 15) is 15.3 Å². The van der Waals surface area contributed by atoms with E-state index in [1.807, 2.05) is 6.07 Å². The Labute approximate surface area is 99.2 Å². The summed E-state index contributed by atoms with van der Waals surface area (Å²) in [5.74, 6) is 0.537. The van der Waals surface area contributed by atoms with Crippen LogP contribution in [0.5, 0.6) is 5.75 Å². The average Bonchev–Trinajstić information content (AvgIpc) is 2.59. The van der Waals surface area contributed by atoms with Crippen LogP contribution in [0.25, 0.3) is 0 Å². The van der Waals surface area contributed by atoms with Crippen LogP contribution in [0.4, 0.5) is 0 Å². The lowest BCUT2D eigenvalue weighted by molar-refractivity contribution is -0.128. The van der Waals surface area contributed by atoms with E-state index in [1.54, 1.807) is 24.3 Å². The maximum Gasteiger partial charge on any atom is 0.229 e. The first-order chi connectivity index (χ1) is 8.09. The molecule has 0 bridgehead atoms. The summed E-state index contributed by atoms with van der Waals surface area (Å²) < 4.78 is 10.7. The molecule has 1 aliphatic heterocycles. The van der Waals surface area contributed by atoms with E-state index in [-0.39, 0.29) is 0 Å². The highest BCUT2D eigenvalue weighted by Gasteiger charge is 2.46. The van der Waals surface area contributed by atoms with Gasteiger partial charge in [0.05, 0.1) is 6.10 Å². The van der Waals surface area contributed by atoms with E-state index < -0.39 is 30.7 Å². The maximum absolute atomic E-state index is 9.73. The van der Waals surface area contributed by atoms with Gasteiger partial charge in [0, 0.05) is 0 Å². The second kappa shape index (κ2) is 5.01. The molecule has 1 aromatic rings. The van der Waals surface area contributed by atoms with Gasteiger partial charge in [0.25, 0.3) is 0 Å². The van der Waals surface area contributed by atoms with Gasteiger partial charge in [-0.3, -0.25) is 0 Å². The summed E-state index contributed by atoms with van der Waals surface area (Å²) in [6.07, 6.45) is -4.99. The van der Waals surface area contributed by atoms with Gasteiger partial charge in [0.1, 0.15) is 24.1 Å². The molecule has 5 heteroatoms. The van der Waals surface area contributed by atoms with Crippen molar-refractivity contribution in [2.75, 3.05) is 0 Å². The van der Waals surface area contributed by atoms with Crippen molar-refractivity contribution >= 4 is 0 Å². The summed E-state index contributed by atoms with van der Waals surface area (Å²) in [7, 11) is 0. The number of rotatable bonds is 3. The predicted octanol–water partition coefficient (Wildman–Crippen LogP) is -0.107. The lowest BCUT2D eigenvalue weighted by atomic mass is 10.1. The molecule has 1 heterocycles. The number of para-hydroxylation sites is 1. The van der Waals surface area contributed by atoms with Gasteiger partial charge in [-0.05, 0) is 19.1 Å². The van der Waals surface area contributed by atoms with Crippen molar-refractivity contribution in [2.45, 2.75) is 37.6 Å². The van der Waals surface area contributed by atoms with E-state index in [0.717, 1.165) is 0 Å². The van der Waals surface area contributed by atoms with Crippen LogP contribution >= 0.6 is 0 Å². The molecule has 1 aliphatic rings. The molecule has 1 fully saturated rings. The van der Waals surface area contributed by atoms with E-state index in [1.165, 1.54) is 6.92 Å². The van der Waals surface area contributed by atoms with Crippen molar-refractivity contribution in [1.29, 1.82) is 0 Å². The van der Waals surface area contributed by atoms with Crippen LogP contribution in [0.2, 0.25) is 0 Å². The largest absolute Gasteiger partial charge is 0.462 e. The molecule has 94 valence electrons. The van der Waals surface area contributed by atoms with E-state index in [4.69, 9.17) is 9.47 Å². The van der Waals surface area contributed by atoms with E-state index >= 15 is 0 Å². The second-order valence-corrected chi connectivity index (χ2v) is 4.12. The van der Waals surface area contributed by atoms with Crippen molar-refractivity contribution in [1.82, 2.24) is 0 Å². The Morgan fingerprint density at radius 1 is 1.18 bits per heavy atom. The van der Waals surface area contributed by atoms with Gasteiger partial charge in [-0.15, -0.1) is 0 Å². The third-order valence-corrected chi connectivity index (χ3v) is 2.73. The number of benzene rings is 1. The quantitative estimate of drug-likeness (QED) is 0.687. The standard InChI is InChI=1S/C12H16O5/c1-7(13)11-9(14)10(15)12(17-11)16-8-5-3-2-4-6-8/h2-7,9-15H,1H3/t7-,9-,10-,11-,12?/m1/s1. The Hall–Kier alpha value is -1.14. The summed E-state index contributed by atoms with van der Waals surface area (Å²) in [5.41, 5.74) is 0. The third kappa shape index (κ3) is 2.58. The van der Waals surface area contributed by atoms with Crippen molar-refractivity contribution in [3.63, 3.8) is 0 Å². The molecule has 2 rings (SSSR count). The molecule has 0 aromatic heterocycles. The van der Waals surface area contributed by atoms with Crippen LogP contribution in [0.15, 0.2) is 30.3 Å². The molecule has 5 nitrogen and oxygen atoms in total. The number of hydrogen-bond donors (Lipinski definition) is 3. The fourth-order valence-corrected chi connectivity index (χ4v) is 1.80. The van der Waals surface area contributed by atoms with Gasteiger partial charge < -0.3 is 24.8 Å². The van der Waals surface area contributed by atoms with E-state index in [2.05, 4.69) is 0 Å². The molecule has 1 unspecified atom stereocenters. The van der Waals surface area contributed by atoms with Crippen molar-refractivity contribution in [2.24, 2.45) is 0 Å². The molecule has 0 spiro atoms. The first-order valence-corrected chi connectivity index (χ1v) is 5.51. The highest BCUT2D eigenvalue weighted by atomic mass is 16.7. The molecule has 3 N–H and O–H groups in total. The summed E-state index contributed by atoms with van der Waals surface area (Å²) in [5, 5.41) is 28.8. The van der Waals surface area contributed by atoms with Crippen LogP contribution < -0.4 is 4.74 Å². The number of hydrogen-bond acceptors (Lipinski definition) is 5. The fourth-order valence-electron chi connectivity index (χ4n) is 1.80. The Morgan fingerprint density at radius 3 is 2.35 bits per heavy atom. The molecule has 0 saturated carbocycles. The van der Waals surface area contributed by atoms with Gasteiger partial charge >= 0.3 is 0 Å². The van der Waals surface area contributed by atoms with Gasteiger partial charge in [0.15, 0.2) is 0 Å². The molecule has 1 saturated heterocycles. The zero-order valence-corrected chi connectivity index (χ0v) is 9.43. The van der Waals surface area contributed by atoms with Crippen LogP contribution in [-0.4, -0.2) is 46.0 Å². The zero-order valence-electron chi connectivity index (χ0n) is 9.43. The number of aliphatic hydroxyl groups excluding tert-OH is 3. The average molecular weight is 240 g/mol. The monoisotopic (exact) mass is 240 g/mol. The van der Waals surface area contributed by atoms with Crippen LogP contribution in [-0.2, 0) is 4.74 Å². The summed E-state index contributed by atoms with van der Waals surface area (Å²) in [4.78, 5) is 0. The third-order valence-electron chi connectivity index (χ3n) is 2.73. The van der Waals surface area contributed by atoms with Crippen molar-refractivity contribution < 1.29 is 24.8 Å². The zero-order chi connectivity index (χ0) is 12.4. The fraction of sp³-hybridized carbons (Fsp3) is 0.500. The SMILES string of the molecule is C[C@@H](O)[C@H]1OC(Oc2ccccc2)[C@H](O)[C@H]1O. The van der Waals surface area contributed by atoms with Crippen LogP contribution in [0.3, 0.4) is 0 Å². The Balaban J connectivity index is 2.03. The minimum absolute atomic E-state index is 0.537. The summed E-state index contributed by atoms with van der Waals surface area (Å²) in [6, 6.07) is 8.86. The highest BCUT2D eigenvalue weighted by molar-refractivity contribution is 5.21. The summed E-state index contributed by atoms with van der Waals surface area (Å²) >= 11 is 0.